The molecule has 0 spiro atoms. The Hall–Kier alpha value is -2.09. The zero-order valence-corrected chi connectivity index (χ0v) is 20.3. The first kappa shape index (κ1) is 24.2. The molecule has 2 aromatic carbocycles. The maximum atomic E-state index is 12.4. The van der Waals surface area contributed by atoms with Crippen LogP contribution >= 0.6 is 24.0 Å². The molecule has 2 N–H and O–H groups in total. The van der Waals surface area contributed by atoms with Crippen LogP contribution in [0.25, 0.3) is 0 Å². The summed E-state index contributed by atoms with van der Waals surface area (Å²) in [5, 5.41) is 6.72. The number of halogens is 1. The third-order valence-corrected chi connectivity index (χ3v) is 5.25. The SMILES string of the molecule is CCNC(=NCc1ccc(C)cc1)NCC1CC(=O)N(CCc2ccccc2)C1.I. The number of aryl methyl sites for hydroxylation is 1. The van der Waals surface area contributed by atoms with E-state index >= 15 is 0 Å². The molecule has 0 saturated carbocycles. The molecular weight excluding hydrogens is 487 g/mol. The van der Waals surface area contributed by atoms with Crippen molar-refractivity contribution in [1.82, 2.24) is 15.5 Å². The van der Waals surface area contributed by atoms with Crippen LogP contribution in [0.3, 0.4) is 0 Å². The molecule has 1 saturated heterocycles. The summed E-state index contributed by atoms with van der Waals surface area (Å²) < 4.78 is 0. The maximum Gasteiger partial charge on any atom is 0.223 e. The quantitative estimate of drug-likeness (QED) is 0.317. The lowest BCUT2D eigenvalue weighted by Gasteiger charge is -2.18. The molecule has 0 aliphatic carbocycles. The molecule has 1 fully saturated rings. The fraction of sp³-hybridized carbons (Fsp3) is 0.417. The molecule has 1 heterocycles. The summed E-state index contributed by atoms with van der Waals surface area (Å²) in [6.07, 6.45) is 1.52. The van der Waals surface area contributed by atoms with Gasteiger partial charge in [-0.05, 0) is 31.4 Å². The number of benzene rings is 2. The van der Waals surface area contributed by atoms with Crippen molar-refractivity contribution in [3.8, 4) is 0 Å². The highest BCUT2D eigenvalue weighted by Gasteiger charge is 2.29. The smallest absolute Gasteiger partial charge is 0.223 e. The number of carbonyl (C=O) groups is 1. The average molecular weight is 520 g/mol. The minimum absolute atomic E-state index is 0. The molecule has 1 amide bonds. The number of hydrogen-bond acceptors (Lipinski definition) is 2. The van der Waals surface area contributed by atoms with Gasteiger partial charge >= 0.3 is 0 Å². The van der Waals surface area contributed by atoms with Gasteiger partial charge < -0.3 is 15.5 Å². The number of nitrogens with zero attached hydrogens (tertiary/aromatic N) is 2. The van der Waals surface area contributed by atoms with E-state index in [1.165, 1.54) is 16.7 Å². The molecule has 1 aliphatic rings. The molecular formula is C24H33IN4O. The molecule has 1 aliphatic heterocycles. The molecule has 162 valence electrons. The Kier molecular flexibility index (Phi) is 10.1. The summed E-state index contributed by atoms with van der Waals surface area (Å²) >= 11 is 0. The van der Waals surface area contributed by atoms with E-state index < -0.39 is 0 Å². The lowest BCUT2D eigenvalue weighted by Crippen LogP contribution is -2.40. The lowest BCUT2D eigenvalue weighted by molar-refractivity contribution is -0.127. The highest BCUT2D eigenvalue weighted by atomic mass is 127. The summed E-state index contributed by atoms with van der Waals surface area (Å²) in [6.45, 7) is 7.97. The van der Waals surface area contributed by atoms with Gasteiger partial charge in [-0.1, -0.05) is 60.2 Å². The molecule has 1 unspecified atom stereocenters. The van der Waals surface area contributed by atoms with E-state index in [0.717, 1.165) is 38.6 Å². The van der Waals surface area contributed by atoms with E-state index in [1.807, 2.05) is 23.1 Å². The van der Waals surface area contributed by atoms with Gasteiger partial charge in [-0.3, -0.25) is 4.79 Å². The number of hydrogen-bond donors (Lipinski definition) is 2. The van der Waals surface area contributed by atoms with Crippen LogP contribution in [0, 0.1) is 12.8 Å². The van der Waals surface area contributed by atoms with Crippen LogP contribution in [0.4, 0.5) is 0 Å². The Bertz CT molecular complexity index is 808. The number of aliphatic imine (C=N–C) groups is 1. The summed E-state index contributed by atoms with van der Waals surface area (Å²) in [7, 11) is 0. The standard InChI is InChI=1S/C24H32N4O.HI/c1-3-25-24(26-16-21-11-9-19(2)10-12-21)27-17-22-15-23(29)28(18-22)14-13-20-7-5-4-6-8-20;/h4-12,22H,3,13-18H2,1-2H3,(H2,25,26,27);1H. The molecule has 3 rings (SSSR count). The van der Waals surface area contributed by atoms with Gasteiger partial charge in [0.2, 0.25) is 5.91 Å². The summed E-state index contributed by atoms with van der Waals surface area (Å²) in [5.74, 6) is 1.39. The predicted octanol–water partition coefficient (Wildman–Crippen LogP) is 3.76. The van der Waals surface area contributed by atoms with E-state index in [2.05, 4.69) is 65.9 Å². The molecule has 0 aromatic heterocycles. The van der Waals surface area contributed by atoms with Gasteiger partial charge in [-0.15, -0.1) is 24.0 Å². The minimum atomic E-state index is 0. The first-order valence-electron chi connectivity index (χ1n) is 10.5. The third-order valence-electron chi connectivity index (χ3n) is 5.25. The van der Waals surface area contributed by atoms with Crippen LogP contribution < -0.4 is 10.6 Å². The maximum absolute atomic E-state index is 12.4. The minimum Gasteiger partial charge on any atom is -0.357 e. The fourth-order valence-electron chi connectivity index (χ4n) is 3.56. The van der Waals surface area contributed by atoms with Crippen molar-refractivity contribution in [2.45, 2.75) is 33.2 Å². The molecule has 30 heavy (non-hydrogen) atoms. The van der Waals surface area contributed by atoms with E-state index in [0.29, 0.717) is 18.9 Å². The normalized spacial score (nSPS) is 16.3. The van der Waals surface area contributed by atoms with E-state index in [9.17, 15) is 4.79 Å². The summed E-state index contributed by atoms with van der Waals surface area (Å²) in [5.41, 5.74) is 3.72. The van der Waals surface area contributed by atoms with Crippen LogP contribution in [0.15, 0.2) is 59.6 Å². The van der Waals surface area contributed by atoms with Crippen molar-refractivity contribution in [3.05, 3.63) is 71.3 Å². The van der Waals surface area contributed by atoms with Crippen molar-refractivity contribution >= 4 is 35.8 Å². The van der Waals surface area contributed by atoms with Crippen LogP contribution in [0.1, 0.15) is 30.0 Å². The highest BCUT2D eigenvalue weighted by molar-refractivity contribution is 14.0. The largest absolute Gasteiger partial charge is 0.357 e. The van der Waals surface area contributed by atoms with Crippen molar-refractivity contribution in [3.63, 3.8) is 0 Å². The molecule has 2 aromatic rings. The Morgan fingerprint density at radius 2 is 1.80 bits per heavy atom. The molecule has 1 atom stereocenters. The number of nitrogens with one attached hydrogen (secondary N) is 2. The fourth-order valence-corrected chi connectivity index (χ4v) is 3.56. The first-order chi connectivity index (χ1) is 14.1. The Labute approximate surface area is 197 Å². The monoisotopic (exact) mass is 520 g/mol. The van der Waals surface area contributed by atoms with Gasteiger partial charge in [0.1, 0.15) is 0 Å². The van der Waals surface area contributed by atoms with E-state index in [1.54, 1.807) is 0 Å². The van der Waals surface area contributed by atoms with Crippen molar-refractivity contribution < 1.29 is 4.79 Å². The van der Waals surface area contributed by atoms with Gasteiger partial charge in [-0.2, -0.15) is 0 Å². The second-order valence-electron chi connectivity index (χ2n) is 7.71. The second-order valence-corrected chi connectivity index (χ2v) is 7.71. The Morgan fingerprint density at radius 1 is 1.07 bits per heavy atom. The zero-order valence-electron chi connectivity index (χ0n) is 17.9. The number of rotatable bonds is 8. The third kappa shape index (κ3) is 7.63. The predicted molar refractivity (Wildman–Crippen MR) is 134 cm³/mol. The van der Waals surface area contributed by atoms with Crippen molar-refractivity contribution in [2.24, 2.45) is 10.9 Å². The number of likely N-dealkylation sites (tertiary alicyclic amines) is 1. The summed E-state index contributed by atoms with van der Waals surface area (Å²) in [6, 6.07) is 18.8. The van der Waals surface area contributed by atoms with Crippen molar-refractivity contribution in [2.75, 3.05) is 26.2 Å². The number of amides is 1. The topological polar surface area (TPSA) is 56.7 Å². The molecule has 5 nitrogen and oxygen atoms in total. The van der Waals surface area contributed by atoms with Crippen LogP contribution in [0.2, 0.25) is 0 Å². The van der Waals surface area contributed by atoms with Gasteiger partial charge in [0.05, 0.1) is 6.54 Å². The zero-order chi connectivity index (χ0) is 20.5. The molecule has 6 heteroatoms. The van der Waals surface area contributed by atoms with Crippen LogP contribution in [0.5, 0.6) is 0 Å². The summed E-state index contributed by atoms with van der Waals surface area (Å²) in [4.78, 5) is 19.0. The number of carbonyl (C=O) groups excluding carboxylic acids is 1. The van der Waals surface area contributed by atoms with Gasteiger partial charge in [-0.25, -0.2) is 4.99 Å². The van der Waals surface area contributed by atoms with Crippen LogP contribution in [-0.4, -0.2) is 42.9 Å². The van der Waals surface area contributed by atoms with Gasteiger partial charge in [0.15, 0.2) is 5.96 Å². The highest BCUT2D eigenvalue weighted by Crippen LogP contribution is 2.17. The Morgan fingerprint density at radius 3 is 2.50 bits per heavy atom. The van der Waals surface area contributed by atoms with Gasteiger partial charge in [0, 0.05) is 38.5 Å². The van der Waals surface area contributed by atoms with Crippen LogP contribution in [-0.2, 0) is 17.8 Å². The molecule has 0 radical (unpaired) electrons. The van der Waals surface area contributed by atoms with E-state index in [-0.39, 0.29) is 29.9 Å². The molecule has 0 bridgehead atoms. The van der Waals surface area contributed by atoms with E-state index in [4.69, 9.17) is 0 Å². The van der Waals surface area contributed by atoms with Crippen molar-refractivity contribution in [1.29, 1.82) is 0 Å². The number of guanidine groups is 1. The van der Waals surface area contributed by atoms with Gasteiger partial charge in [0.25, 0.3) is 0 Å². The average Bonchev–Trinajstić information content (AvgIpc) is 3.10. The second kappa shape index (κ2) is 12.6. The Balaban J connectivity index is 0.00000320. The first-order valence-corrected chi connectivity index (χ1v) is 10.5. The lowest BCUT2D eigenvalue weighted by atomic mass is 10.1.